The van der Waals surface area contributed by atoms with Gasteiger partial charge in [-0.05, 0) is 30.8 Å². The van der Waals surface area contributed by atoms with E-state index in [9.17, 15) is 10.1 Å². The maximum Gasteiger partial charge on any atom is 0.286 e. The van der Waals surface area contributed by atoms with Gasteiger partial charge in [0.05, 0.1) is 27.5 Å². The van der Waals surface area contributed by atoms with E-state index < -0.39 is 4.92 Å². The van der Waals surface area contributed by atoms with Gasteiger partial charge in [-0.1, -0.05) is 23.2 Å². The Morgan fingerprint density at radius 1 is 1.26 bits per heavy atom. The quantitative estimate of drug-likeness (QED) is 0.573. The number of benzene rings is 1. The maximum absolute atomic E-state index is 11.0. The number of halogens is 2. The van der Waals surface area contributed by atoms with Gasteiger partial charge in [-0.3, -0.25) is 14.5 Å². The molecule has 2 N–H and O–H groups in total. The first kappa shape index (κ1) is 15.7. The minimum Gasteiger partial charge on any atom is -0.330 e. The van der Waals surface area contributed by atoms with Crippen molar-refractivity contribution >= 4 is 34.5 Å². The van der Waals surface area contributed by atoms with Crippen LogP contribution in [0.2, 0.25) is 10.0 Å². The summed E-state index contributed by atoms with van der Waals surface area (Å²) in [4.78, 5) is 15.1. The van der Waals surface area contributed by atoms with Crippen LogP contribution >= 0.6 is 23.2 Å². The Labute approximate surface area is 141 Å². The van der Waals surface area contributed by atoms with E-state index in [-0.39, 0.29) is 5.69 Å². The Morgan fingerprint density at radius 3 is 2.70 bits per heavy atom. The Morgan fingerprint density at radius 2 is 2.04 bits per heavy atom. The standard InChI is InChI=1S/C15H12Cl2N4O2/c16-9-1-3-11(12(17)7-9)15-13(5-6-18)19-14-4-2-10(21(22)23)8-20(14)15/h1-4,7-8H,5-6,18H2. The molecule has 3 aromatic rings. The molecule has 0 aliphatic heterocycles. The minimum atomic E-state index is -0.449. The second kappa shape index (κ2) is 6.16. The highest BCUT2D eigenvalue weighted by Crippen LogP contribution is 2.34. The van der Waals surface area contributed by atoms with E-state index in [1.807, 2.05) is 0 Å². The third kappa shape index (κ3) is 2.88. The van der Waals surface area contributed by atoms with Crippen LogP contribution in [0.5, 0.6) is 0 Å². The molecule has 0 spiro atoms. The van der Waals surface area contributed by atoms with Crippen molar-refractivity contribution < 1.29 is 4.92 Å². The Hall–Kier alpha value is -2.15. The van der Waals surface area contributed by atoms with Crippen LogP contribution in [0, 0.1) is 10.1 Å². The summed E-state index contributed by atoms with van der Waals surface area (Å²) in [6, 6.07) is 8.13. The predicted molar refractivity (Wildman–Crippen MR) is 90.1 cm³/mol. The lowest BCUT2D eigenvalue weighted by Gasteiger charge is -2.07. The van der Waals surface area contributed by atoms with Crippen molar-refractivity contribution in [1.82, 2.24) is 9.38 Å². The number of nitro groups is 1. The number of hydrogen-bond donors (Lipinski definition) is 1. The van der Waals surface area contributed by atoms with Gasteiger partial charge in [0, 0.05) is 23.1 Å². The molecule has 23 heavy (non-hydrogen) atoms. The van der Waals surface area contributed by atoms with Crippen molar-refractivity contribution in [3.05, 3.63) is 62.4 Å². The summed E-state index contributed by atoms with van der Waals surface area (Å²) < 4.78 is 1.66. The van der Waals surface area contributed by atoms with Gasteiger partial charge in [-0.25, -0.2) is 4.98 Å². The third-order valence-corrected chi connectivity index (χ3v) is 4.00. The molecule has 0 bridgehead atoms. The van der Waals surface area contributed by atoms with Crippen LogP contribution in [0.3, 0.4) is 0 Å². The summed E-state index contributed by atoms with van der Waals surface area (Å²) in [6.07, 6.45) is 1.96. The van der Waals surface area contributed by atoms with Gasteiger partial charge in [0.1, 0.15) is 5.65 Å². The maximum atomic E-state index is 11.0. The van der Waals surface area contributed by atoms with Gasteiger partial charge in [0.2, 0.25) is 0 Å². The highest BCUT2D eigenvalue weighted by atomic mass is 35.5. The number of nitrogens with zero attached hydrogens (tertiary/aromatic N) is 3. The van der Waals surface area contributed by atoms with Crippen molar-refractivity contribution in [1.29, 1.82) is 0 Å². The van der Waals surface area contributed by atoms with Crippen molar-refractivity contribution in [3.63, 3.8) is 0 Å². The molecule has 1 aromatic carbocycles. The fourth-order valence-electron chi connectivity index (χ4n) is 2.47. The van der Waals surface area contributed by atoms with E-state index in [0.717, 1.165) is 5.69 Å². The van der Waals surface area contributed by atoms with Gasteiger partial charge in [-0.2, -0.15) is 0 Å². The number of imidazole rings is 1. The van der Waals surface area contributed by atoms with Crippen molar-refractivity contribution in [2.24, 2.45) is 5.73 Å². The Bertz CT molecular complexity index is 908. The molecule has 3 rings (SSSR count). The number of rotatable bonds is 4. The first-order valence-electron chi connectivity index (χ1n) is 6.82. The van der Waals surface area contributed by atoms with Crippen LogP contribution in [0.25, 0.3) is 16.9 Å². The van der Waals surface area contributed by atoms with Crippen molar-refractivity contribution in [2.75, 3.05) is 6.54 Å². The number of fused-ring (bicyclic) bond motifs is 1. The lowest BCUT2D eigenvalue weighted by atomic mass is 10.1. The molecule has 0 atom stereocenters. The number of pyridine rings is 1. The zero-order valence-electron chi connectivity index (χ0n) is 11.9. The van der Waals surface area contributed by atoms with Crippen molar-refractivity contribution in [2.45, 2.75) is 6.42 Å². The minimum absolute atomic E-state index is 0.0273. The molecule has 0 fully saturated rings. The van der Waals surface area contributed by atoms with Gasteiger partial charge < -0.3 is 5.73 Å². The fourth-order valence-corrected chi connectivity index (χ4v) is 2.97. The second-order valence-corrected chi connectivity index (χ2v) is 5.79. The largest absolute Gasteiger partial charge is 0.330 e. The number of nitrogens with two attached hydrogens (primary N) is 1. The second-order valence-electron chi connectivity index (χ2n) is 4.94. The van der Waals surface area contributed by atoms with E-state index in [2.05, 4.69) is 4.98 Å². The predicted octanol–water partition coefficient (Wildman–Crippen LogP) is 3.72. The van der Waals surface area contributed by atoms with Gasteiger partial charge in [0.25, 0.3) is 5.69 Å². The first-order valence-corrected chi connectivity index (χ1v) is 7.57. The molecule has 2 aromatic heterocycles. The van der Waals surface area contributed by atoms with Crippen molar-refractivity contribution in [3.8, 4) is 11.3 Å². The zero-order valence-corrected chi connectivity index (χ0v) is 13.4. The highest BCUT2D eigenvalue weighted by Gasteiger charge is 2.18. The first-order chi connectivity index (χ1) is 11.0. The summed E-state index contributed by atoms with van der Waals surface area (Å²) in [5.74, 6) is 0. The van der Waals surface area contributed by atoms with E-state index >= 15 is 0 Å². The molecule has 0 aliphatic carbocycles. The number of aromatic nitrogens is 2. The summed E-state index contributed by atoms with van der Waals surface area (Å²) in [5, 5.41) is 12.0. The Kier molecular flexibility index (Phi) is 4.21. The lowest BCUT2D eigenvalue weighted by Crippen LogP contribution is -2.04. The van der Waals surface area contributed by atoms with Crippen LogP contribution in [0.1, 0.15) is 5.69 Å². The van der Waals surface area contributed by atoms with Crippen LogP contribution in [0.15, 0.2) is 36.5 Å². The molecular formula is C15H12Cl2N4O2. The van der Waals surface area contributed by atoms with Crippen LogP contribution in [-0.2, 0) is 6.42 Å². The van der Waals surface area contributed by atoms with Gasteiger partial charge >= 0.3 is 0 Å². The average molecular weight is 351 g/mol. The zero-order chi connectivity index (χ0) is 16.6. The molecule has 118 valence electrons. The molecule has 6 nitrogen and oxygen atoms in total. The fraction of sp³-hybridized carbons (Fsp3) is 0.133. The van der Waals surface area contributed by atoms with Crippen LogP contribution < -0.4 is 5.73 Å². The van der Waals surface area contributed by atoms with Gasteiger partial charge in [-0.15, -0.1) is 0 Å². The Balaban J connectivity index is 2.32. The molecule has 0 radical (unpaired) electrons. The molecular weight excluding hydrogens is 339 g/mol. The van der Waals surface area contributed by atoms with Crippen LogP contribution in [0.4, 0.5) is 5.69 Å². The normalized spacial score (nSPS) is 11.1. The summed E-state index contributed by atoms with van der Waals surface area (Å²) in [6.45, 7) is 0.407. The molecule has 0 unspecified atom stereocenters. The van der Waals surface area contributed by atoms with E-state index in [1.54, 1.807) is 28.7 Å². The smallest absolute Gasteiger partial charge is 0.286 e. The molecule has 0 amide bonds. The molecule has 0 saturated heterocycles. The van der Waals surface area contributed by atoms with Crippen LogP contribution in [-0.4, -0.2) is 20.9 Å². The topological polar surface area (TPSA) is 86.5 Å². The third-order valence-electron chi connectivity index (χ3n) is 3.45. The SMILES string of the molecule is NCCc1nc2ccc([N+](=O)[O-])cn2c1-c1ccc(Cl)cc1Cl. The molecule has 2 heterocycles. The summed E-state index contributed by atoms with van der Waals surface area (Å²) >= 11 is 12.3. The number of hydrogen-bond acceptors (Lipinski definition) is 4. The molecule has 8 heteroatoms. The highest BCUT2D eigenvalue weighted by molar-refractivity contribution is 6.36. The van der Waals surface area contributed by atoms with Gasteiger partial charge in [0.15, 0.2) is 0 Å². The summed E-state index contributed by atoms with van der Waals surface area (Å²) in [7, 11) is 0. The average Bonchev–Trinajstić information content (AvgIpc) is 2.85. The molecule has 0 aliphatic rings. The van der Waals surface area contributed by atoms with E-state index in [0.29, 0.717) is 39.9 Å². The summed E-state index contributed by atoms with van der Waals surface area (Å²) in [5.41, 5.74) is 8.35. The van der Waals surface area contributed by atoms with E-state index in [1.165, 1.54) is 12.3 Å². The molecule has 0 saturated carbocycles. The lowest BCUT2D eigenvalue weighted by molar-refractivity contribution is -0.385. The monoisotopic (exact) mass is 350 g/mol. The van der Waals surface area contributed by atoms with E-state index in [4.69, 9.17) is 28.9 Å².